The van der Waals surface area contributed by atoms with Crippen LogP contribution in [0.2, 0.25) is 0 Å². The third-order valence-corrected chi connectivity index (χ3v) is 6.38. The number of nitrogens with one attached hydrogen (secondary N) is 1. The zero-order chi connectivity index (χ0) is 23.8. The van der Waals surface area contributed by atoms with E-state index in [1.165, 1.54) is 0 Å². The Bertz CT molecular complexity index is 1370. The highest BCUT2D eigenvalue weighted by atomic mass is 16.5. The second kappa shape index (κ2) is 8.78. The van der Waals surface area contributed by atoms with Crippen molar-refractivity contribution < 1.29 is 23.4 Å². The Balaban J connectivity index is 1.79. The monoisotopic (exact) mass is 457 g/mol. The van der Waals surface area contributed by atoms with Gasteiger partial charge in [0.15, 0.2) is 11.5 Å². The van der Waals surface area contributed by atoms with Crippen molar-refractivity contribution in [3.8, 4) is 39.7 Å². The molecule has 4 aromatic rings. The Morgan fingerprint density at radius 1 is 0.971 bits per heavy atom. The Morgan fingerprint density at radius 3 is 2.41 bits per heavy atom. The lowest BCUT2D eigenvalue weighted by molar-refractivity contribution is -0.119. The van der Waals surface area contributed by atoms with Crippen LogP contribution < -0.4 is 19.5 Å². The van der Waals surface area contributed by atoms with E-state index in [1.54, 1.807) is 28.3 Å². The molecule has 1 aromatic heterocycles. The van der Waals surface area contributed by atoms with Gasteiger partial charge in [0.25, 0.3) is 0 Å². The zero-order valence-electron chi connectivity index (χ0n) is 19.7. The van der Waals surface area contributed by atoms with Gasteiger partial charge >= 0.3 is 0 Å². The molecule has 0 radical (unpaired) electrons. The molecule has 1 aliphatic rings. The van der Waals surface area contributed by atoms with Gasteiger partial charge in [0, 0.05) is 23.4 Å². The number of rotatable bonds is 5. The second-order valence-electron chi connectivity index (χ2n) is 8.43. The van der Waals surface area contributed by atoms with E-state index in [1.807, 2.05) is 42.5 Å². The number of furan rings is 1. The average molecular weight is 458 g/mol. The first-order valence-electron chi connectivity index (χ1n) is 11.3. The molecular weight excluding hydrogens is 430 g/mol. The molecule has 1 aliphatic carbocycles. The number of hydrogen-bond acceptors (Lipinski definition) is 5. The highest BCUT2D eigenvalue weighted by molar-refractivity contribution is 5.93. The van der Waals surface area contributed by atoms with E-state index in [0.29, 0.717) is 17.2 Å². The molecule has 0 saturated heterocycles. The van der Waals surface area contributed by atoms with E-state index >= 15 is 0 Å². The first-order valence-corrected chi connectivity index (χ1v) is 11.3. The van der Waals surface area contributed by atoms with Gasteiger partial charge < -0.3 is 23.9 Å². The normalized spacial score (nSPS) is 14.6. The summed E-state index contributed by atoms with van der Waals surface area (Å²) < 4.78 is 23.4. The van der Waals surface area contributed by atoms with Crippen LogP contribution in [0, 0.1) is 0 Å². The van der Waals surface area contributed by atoms with Gasteiger partial charge in [0.2, 0.25) is 11.7 Å². The Labute approximate surface area is 198 Å². The van der Waals surface area contributed by atoms with Gasteiger partial charge in [0.05, 0.1) is 27.4 Å². The number of carbonyl (C=O) groups is 1. The van der Waals surface area contributed by atoms with Gasteiger partial charge in [-0.25, -0.2) is 0 Å². The van der Waals surface area contributed by atoms with Crippen molar-refractivity contribution in [1.29, 1.82) is 0 Å². The number of fused-ring (bicyclic) bond motifs is 4. The number of ether oxygens (including phenoxy) is 3. The second-order valence-corrected chi connectivity index (χ2v) is 8.43. The summed E-state index contributed by atoms with van der Waals surface area (Å²) in [7, 11) is 4.86. The van der Waals surface area contributed by atoms with Crippen LogP contribution in [0.4, 0.5) is 0 Å². The summed E-state index contributed by atoms with van der Waals surface area (Å²) in [5, 5.41) is 4.10. The number of amides is 1. The summed E-state index contributed by atoms with van der Waals surface area (Å²) in [5.74, 6) is 2.51. The maximum Gasteiger partial charge on any atom is 0.217 e. The first kappa shape index (κ1) is 21.9. The van der Waals surface area contributed by atoms with Crippen LogP contribution in [0.25, 0.3) is 33.4 Å². The topological polar surface area (TPSA) is 69.9 Å². The molecule has 3 aromatic carbocycles. The Hall–Kier alpha value is -3.93. The van der Waals surface area contributed by atoms with Gasteiger partial charge in [-0.15, -0.1) is 0 Å². The van der Waals surface area contributed by atoms with E-state index in [2.05, 4.69) is 17.4 Å². The summed E-state index contributed by atoms with van der Waals surface area (Å²) in [5.41, 5.74) is 5.78. The summed E-state index contributed by atoms with van der Waals surface area (Å²) >= 11 is 0. The Morgan fingerprint density at radius 2 is 1.74 bits per heavy atom. The van der Waals surface area contributed by atoms with E-state index in [-0.39, 0.29) is 11.9 Å². The largest absolute Gasteiger partial charge is 0.493 e. The third kappa shape index (κ3) is 3.65. The standard InChI is InChI=1S/C28H27NO5/c1-16(30)29-22-11-10-18-13-25(31-2)27(32-3)28(33-4)26(18)21-12-19-14-23(17-8-6-5-7-9-17)34-24(19)15-20(21)22/h5-9,12-15,22H,10-11H2,1-4H3,(H,29,30)/t22-/m0/s1. The zero-order valence-corrected chi connectivity index (χ0v) is 19.7. The molecule has 0 unspecified atom stereocenters. The number of carbonyl (C=O) groups excluding carboxylic acids is 1. The van der Waals surface area contributed by atoms with Crippen molar-refractivity contribution in [2.24, 2.45) is 0 Å². The van der Waals surface area contributed by atoms with Crippen LogP contribution in [0.1, 0.15) is 30.5 Å². The fourth-order valence-electron chi connectivity index (χ4n) is 4.90. The summed E-state index contributed by atoms with van der Waals surface area (Å²) in [6, 6.07) is 18.1. The molecule has 0 fully saturated rings. The van der Waals surface area contributed by atoms with Gasteiger partial charge in [0.1, 0.15) is 11.3 Å². The van der Waals surface area contributed by atoms with Crippen LogP contribution in [-0.2, 0) is 11.2 Å². The van der Waals surface area contributed by atoms with Crippen LogP contribution in [0.15, 0.2) is 59.0 Å². The SMILES string of the molecule is COc1cc2c(c(OC)c1OC)-c1cc3cc(-c4ccccc4)oc3cc1[C@@H](NC(C)=O)CC2. The first-order chi connectivity index (χ1) is 16.5. The maximum absolute atomic E-state index is 12.1. The van der Waals surface area contributed by atoms with Gasteiger partial charge in [-0.2, -0.15) is 0 Å². The van der Waals surface area contributed by atoms with Crippen LogP contribution in [-0.4, -0.2) is 27.2 Å². The molecular formula is C28H27NO5. The number of benzene rings is 3. The molecule has 34 heavy (non-hydrogen) atoms. The molecule has 6 nitrogen and oxygen atoms in total. The molecule has 1 N–H and O–H groups in total. The van der Waals surface area contributed by atoms with Crippen molar-refractivity contribution >= 4 is 16.9 Å². The van der Waals surface area contributed by atoms with Crippen molar-refractivity contribution in [2.75, 3.05) is 21.3 Å². The predicted molar refractivity (Wildman–Crippen MR) is 132 cm³/mol. The lowest BCUT2D eigenvalue weighted by Crippen LogP contribution is -2.26. The minimum atomic E-state index is -0.170. The summed E-state index contributed by atoms with van der Waals surface area (Å²) in [4.78, 5) is 12.1. The van der Waals surface area contributed by atoms with Crippen molar-refractivity contribution in [1.82, 2.24) is 5.32 Å². The lowest BCUT2D eigenvalue weighted by Gasteiger charge is -2.21. The fraction of sp³-hybridized carbons (Fsp3) is 0.250. The minimum Gasteiger partial charge on any atom is -0.493 e. The molecule has 0 bridgehead atoms. The van der Waals surface area contributed by atoms with Crippen molar-refractivity contribution in [3.05, 3.63) is 65.7 Å². The molecule has 0 aliphatic heterocycles. The number of aryl methyl sites for hydroxylation is 1. The Kier molecular flexibility index (Phi) is 5.65. The highest BCUT2D eigenvalue weighted by Crippen LogP contribution is 2.51. The predicted octanol–water partition coefficient (Wildman–Crippen LogP) is 5.92. The summed E-state index contributed by atoms with van der Waals surface area (Å²) in [6.07, 6.45) is 1.47. The fourth-order valence-corrected chi connectivity index (χ4v) is 4.90. The van der Waals surface area contributed by atoms with Gasteiger partial charge in [-0.1, -0.05) is 30.3 Å². The molecule has 1 atom stereocenters. The molecule has 0 spiro atoms. The van der Waals surface area contributed by atoms with Gasteiger partial charge in [-0.05, 0) is 53.8 Å². The van der Waals surface area contributed by atoms with E-state index in [4.69, 9.17) is 18.6 Å². The van der Waals surface area contributed by atoms with Crippen LogP contribution >= 0.6 is 0 Å². The number of methoxy groups -OCH3 is 3. The molecule has 174 valence electrons. The highest BCUT2D eigenvalue weighted by Gasteiger charge is 2.30. The smallest absolute Gasteiger partial charge is 0.217 e. The van der Waals surface area contributed by atoms with Crippen LogP contribution in [0.5, 0.6) is 17.2 Å². The minimum absolute atomic E-state index is 0.0754. The van der Waals surface area contributed by atoms with Crippen LogP contribution in [0.3, 0.4) is 0 Å². The number of hydrogen-bond donors (Lipinski definition) is 1. The van der Waals surface area contributed by atoms with E-state index in [9.17, 15) is 4.79 Å². The summed E-state index contributed by atoms with van der Waals surface area (Å²) in [6.45, 7) is 1.54. The molecule has 6 heteroatoms. The van der Waals surface area contributed by atoms with Crippen molar-refractivity contribution in [3.63, 3.8) is 0 Å². The average Bonchev–Trinajstić information content (AvgIpc) is 3.22. The quantitative estimate of drug-likeness (QED) is 0.403. The van der Waals surface area contributed by atoms with Crippen molar-refractivity contribution in [2.45, 2.75) is 25.8 Å². The lowest BCUT2D eigenvalue weighted by atomic mass is 9.92. The van der Waals surface area contributed by atoms with E-state index in [0.717, 1.165) is 57.4 Å². The molecule has 1 amide bonds. The molecule has 5 rings (SSSR count). The third-order valence-electron chi connectivity index (χ3n) is 6.38. The molecule has 0 saturated carbocycles. The molecule has 1 heterocycles. The van der Waals surface area contributed by atoms with E-state index < -0.39 is 0 Å². The van der Waals surface area contributed by atoms with Gasteiger partial charge in [-0.3, -0.25) is 4.79 Å². The maximum atomic E-state index is 12.1.